The minimum Gasteiger partial charge on any atom is -0.478 e. The molecule has 0 saturated carbocycles. The van der Waals surface area contributed by atoms with Crippen molar-refractivity contribution in [1.29, 1.82) is 0 Å². The lowest BCUT2D eigenvalue weighted by molar-refractivity contribution is 0.0698. The molecule has 0 atom stereocenters. The molecule has 0 aliphatic carbocycles. The molecule has 1 rings (SSSR count). The van der Waals surface area contributed by atoms with Gasteiger partial charge in [0.2, 0.25) is 0 Å². The Morgan fingerprint density at radius 2 is 2.05 bits per heavy atom. The molecule has 7 nitrogen and oxygen atoms in total. The number of anilines is 1. The van der Waals surface area contributed by atoms with Crippen molar-refractivity contribution in [2.75, 3.05) is 38.8 Å². The van der Waals surface area contributed by atoms with E-state index < -0.39 is 12.0 Å². The average molecular weight is 361 g/mol. The van der Waals surface area contributed by atoms with E-state index in [0.717, 1.165) is 0 Å². The van der Waals surface area contributed by atoms with Gasteiger partial charge in [0.1, 0.15) is 0 Å². The maximum Gasteiger partial charge on any atom is 0.337 e. The van der Waals surface area contributed by atoms with Gasteiger partial charge in [0.25, 0.3) is 0 Å². The molecule has 0 bridgehead atoms. The molecule has 3 N–H and O–H groups in total. The summed E-state index contributed by atoms with van der Waals surface area (Å²) < 4.78 is 10.6. The van der Waals surface area contributed by atoms with Gasteiger partial charge >= 0.3 is 12.0 Å². The number of rotatable bonds is 8. The Morgan fingerprint density at radius 3 is 2.71 bits per heavy atom. The molecule has 0 aromatic heterocycles. The standard InChI is InChI=1S/C13H17BrN2O5/c1-20-6-7-21-5-4-15-13(19)16-11-3-2-9(14)8-10(11)12(17)18/h2-3,8H,4-7H2,1H3,(H,17,18)(H2,15,16,19). The second kappa shape index (κ2) is 9.32. The highest BCUT2D eigenvalue weighted by Crippen LogP contribution is 2.21. The summed E-state index contributed by atoms with van der Waals surface area (Å²) in [6.07, 6.45) is 0. The third-order valence-corrected chi connectivity index (χ3v) is 2.92. The Morgan fingerprint density at radius 1 is 1.29 bits per heavy atom. The molecule has 1 aromatic carbocycles. The largest absolute Gasteiger partial charge is 0.478 e. The van der Waals surface area contributed by atoms with E-state index in [1.807, 2.05) is 0 Å². The zero-order chi connectivity index (χ0) is 15.7. The molecule has 0 spiro atoms. The van der Waals surface area contributed by atoms with Crippen LogP contribution in [0.1, 0.15) is 10.4 Å². The Balaban J connectivity index is 2.43. The summed E-state index contributed by atoms with van der Waals surface area (Å²) in [5, 5.41) is 14.1. The van der Waals surface area contributed by atoms with E-state index in [1.54, 1.807) is 13.2 Å². The number of halogens is 1. The summed E-state index contributed by atoms with van der Waals surface area (Å²) in [5.74, 6) is -1.12. The Bertz CT molecular complexity index is 495. The van der Waals surface area contributed by atoms with Crippen molar-refractivity contribution in [1.82, 2.24) is 5.32 Å². The minimum absolute atomic E-state index is 0.0101. The third kappa shape index (κ3) is 6.56. The molecule has 0 aliphatic heterocycles. The number of methoxy groups -OCH3 is 1. The SMILES string of the molecule is COCCOCCNC(=O)Nc1ccc(Br)cc1C(=O)O. The number of hydrogen-bond acceptors (Lipinski definition) is 4. The molecular weight excluding hydrogens is 344 g/mol. The van der Waals surface area contributed by atoms with Gasteiger partial charge in [0, 0.05) is 18.1 Å². The van der Waals surface area contributed by atoms with Crippen molar-refractivity contribution in [2.45, 2.75) is 0 Å². The monoisotopic (exact) mass is 360 g/mol. The highest BCUT2D eigenvalue weighted by atomic mass is 79.9. The quantitative estimate of drug-likeness (QED) is 0.615. The normalized spacial score (nSPS) is 10.2. The molecule has 0 aliphatic rings. The van der Waals surface area contributed by atoms with Crippen LogP contribution in [0.3, 0.4) is 0 Å². The lowest BCUT2D eigenvalue weighted by Crippen LogP contribution is -2.32. The molecule has 2 amide bonds. The van der Waals surface area contributed by atoms with Crippen LogP contribution in [0.15, 0.2) is 22.7 Å². The molecule has 0 heterocycles. The van der Waals surface area contributed by atoms with Crippen molar-refractivity contribution in [2.24, 2.45) is 0 Å². The minimum atomic E-state index is -1.12. The van der Waals surface area contributed by atoms with Crippen LogP contribution in [0.25, 0.3) is 0 Å². The molecule has 1 aromatic rings. The van der Waals surface area contributed by atoms with Crippen molar-refractivity contribution in [3.63, 3.8) is 0 Å². The smallest absolute Gasteiger partial charge is 0.337 e. The molecule has 21 heavy (non-hydrogen) atoms. The first-order valence-corrected chi connectivity index (χ1v) is 6.98. The number of nitrogens with one attached hydrogen (secondary N) is 2. The fourth-order valence-electron chi connectivity index (χ4n) is 1.45. The van der Waals surface area contributed by atoms with E-state index in [2.05, 4.69) is 26.6 Å². The van der Waals surface area contributed by atoms with Crippen LogP contribution in [0.5, 0.6) is 0 Å². The number of urea groups is 1. The summed E-state index contributed by atoms with van der Waals surface area (Å²) >= 11 is 3.18. The number of aromatic carboxylic acids is 1. The van der Waals surface area contributed by atoms with Gasteiger partial charge in [-0.1, -0.05) is 15.9 Å². The van der Waals surface area contributed by atoms with Crippen molar-refractivity contribution in [3.8, 4) is 0 Å². The van der Waals surface area contributed by atoms with Gasteiger partial charge < -0.3 is 25.2 Å². The highest BCUT2D eigenvalue weighted by molar-refractivity contribution is 9.10. The number of carbonyl (C=O) groups excluding carboxylic acids is 1. The molecule has 116 valence electrons. The van der Waals surface area contributed by atoms with Crippen LogP contribution in [-0.4, -0.2) is 50.6 Å². The lowest BCUT2D eigenvalue weighted by Gasteiger charge is -2.10. The van der Waals surface area contributed by atoms with Crippen molar-refractivity contribution >= 4 is 33.6 Å². The first kappa shape index (κ1) is 17.4. The maximum atomic E-state index is 11.7. The predicted octanol–water partition coefficient (Wildman–Crippen LogP) is 1.93. The summed E-state index contributed by atoms with van der Waals surface area (Å²) in [5.41, 5.74) is 0.236. The second-order valence-corrected chi connectivity index (χ2v) is 4.90. The number of ether oxygens (including phenoxy) is 2. The molecule has 8 heteroatoms. The fraction of sp³-hybridized carbons (Fsp3) is 0.385. The zero-order valence-electron chi connectivity index (χ0n) is 11.5. The van der Waals surface area contributed by atoms with Crippen LogP contribution in [0.4, 0.5) is 10.5 Å². The molecular formula is C13H17BrN2O5. The number of hydrogen-bond donors (Lipinski definition) is 3. The van der Waals surface area contributed by atoms with E-state index in [4.69, 9.17) is 14.6 Å². The number of carboxylic acid groups (broad SMARTS) is 1. The summed E-state index contributed by atoms with van der Waals surface area (Å²) in [4.78, 5) is 22.7. The predicted molar refractivity (Wildman–Crippen MR) is 80.8 cm³/mol. The van der Waals surface area contributed by atoms with Crippen molar-refractivity contribution < 1.29 is 24.2 Å². The van der Waals surface area contributed by atoms with Crippen LogP contribution in [0.2, 0.25) is 0 Å². The van der Waals surface area contributed by atoms with Crippen LogP contribution in [0, 0.1) is 0 Å². The molecule has 0 radical (unpaired) electrons. The maximum absolute atomic E-state index is 11.7. The van der Waals surface area contributed by atoms with Gasteiger partial charge in [0.05, 0.1) is 31.1 Å². The van der Waals surface area contributed by atoms with E-state index in [0.29, 0.717) is 30.8 Å². The summed E-state index contributed by atoms with van der Waals surface area (Å²) in [7, 11) is 1.58. The van der Waals surface area contributed by atoms with Gasteiger partial charge in [0.15, 0.2) is 0 Å². The first-order chi connectivity index (χ1) is 10.0. The highest BCUT2D eigenvalue weighted by Gasteiger charge is 2.12. The van der Waals surface area contributed by atoms with Gasteiger partial charge in [-0.2, -0.15) is 0 Å². The Hall–Kier alpha value is -1.64. The molecule has 0 saturated heterocycles. The average Bonchev–Trinajstić information content (AvgIpc) is 2.44. The van der Waals surface area contributed by atoms with Crippen LogP contribution < -0.4 is 10.6 Å². The van der Waals surface area contributed by atoms with E-state index in [-0.39, 0.29) is 11.3 Å². The number of benzene rings is 1. The number of amides is 2. The Labute approximate surface area is 130 Å². The van der Waals surface area contributed by atoms with Crippen molar-refractivity contribution in [3.05, 3.63) is 28.2 Å². The summed E-state index contributed by atoms with van der Waals surface area (Å²) in [6, 6.07) is 4.10. The molecule has 0 fully saturated rings. The third-order valence-electron chi connectivity index (χ3n) is 2.42. The second-order valence-electron chi connectivity index (χ2n) is 3.98. The lowest BCUT2D eigenvalue weighted by atomic mass is 10.2. The van der Waals surface area contributed by atoms with Gasteiger partial charge in [-0.05, 0) is 18.2 Å². The topological polar surface area (TPSA) is 96.9 Å². The van der Waals surface area contributed by atoms with Crippen LogP contribution >= 0.6 is 15.9 Å². The van der Waals surface area contributed by atoms with Crippen LogP contribution in [-0.2, 0) is 9.47 Å². The van der Waals surface area contributed by atoms with E-state index in [9.17, 15) is 9.59 Å². The van der Waals surface area contributed by atoms with E-state index >= 15 is 0 Å². The van der Waals surface area contributed by atoms with Gasteiger partial charge in [-0.3, -0.25) is 0 Å². The zero-order valence-corrected chi connectivity index (χ0v) is 13.1. The van der Waals surface area contributed by atoms with Gasteiger partial charge in [-0.15, -0.1) is 0 Å². The van der Waals surface area contributed by atoms with E-state index in [1.165, 1.54) is 12.1 Å². The first-order valence-electron chi connectivity index (χ1n) is 6.19. The Kier molecular flexibility index (Phi) is 7.73. The summed E-state index contributed by atoms with van der Waals surface area (Å²) in [6.45, 7) is 1.61. The number of carbonyl (C=O) groups is 2. The number of carboxylic acids is 1. The fourth-order valence-corrected chi connectivity index (χ4v) is 1.81. The molecule has 0 unspecified atom stereocenters. The van der Waals surface area contributed by atoms with Gasteiger partial charge in [-0.25, -0.2) is 9.59 Å².